The van der Waals surface area contributed by atoms with Crippen LogP contribution in [-0.2, 0) is 20.6 Å². The first kappa shape index (κ1) is 14.8. The van der Waals surface area contributed by atoms with Crippen molar-refractivity contribution in [3.63, 3.8) is 0 Å². The third kappa shape index (κ3) is 2.78. The molecule has 3 N–H and O–H groups in total. The van der Waals surface area contributed by atoms with Crippen LogP contribution in [0, 0.1) is 0 Å². The lowest BCUT2D eigenvalue weighted by molar-refractivity contribution is -0.131. The smallest absolute Gasteiger partial charge is 0.241 e. The van der Waals surface area contributed by atoms with E-state index in [1.54, 1.807) is 38.1 Å². The van der Waals surface area contributed by atoms with Crippen LogP contribution in [0.1, 0.15) is 19.4 Å². The Morgan fingerprint density at radius 2 is 2.10 bits per heavy atom. The lowest BCUT2D eigenvalue weighted by Gasteiger charge is -2.39. The van der Waals surface area contributed by atoms with Gasteiger partial charge in [0.15, 0.2) is 0 Å². The molecular formula is C13H19N3O3S. The standard InChI is InChI=1S/C13H19N3O3S/c1-13(2)12(17)15-6-7-16(13)20(18,19)9-10-4-3-5-11(14)8-10/h3-5,8H,6-7,9,14H2,1-2H3,(H,15,17). The molecule has 1 aromatic carbocycles. The quantitative estimate of drug-likeness (QED) is 0.785. The van der Waals surface area contributed by atoms with Crippen LogP contribution in [0.5, 0.6) is 0 Å². The van der Waals surface area contributed by atoms with E-state index in [-0.39, 0.29) is 18.2 Å². The molecule has 1 fully saturated rings. The molecule has 6 nitrogen and oxygen atoms in total. The molecule has 1 heterocycles. The molecule has 0 aliphatic carbocycles. The monoisotopic (exact) mass is 297 g/mol. The summed E-state index contributed by atoms with van der Waals surface area (Å²) in [6, 6.07) is 6.77. The van der Waals surface area contributed by atoms with Crippen molar-refractivity contribution in [2.24, 2.45) is 0 Å². The van der Waals surface area contributed by atoms with Gasteiger partial charge in [-0.25, -0.2) is 8.42 Å². The zero-order valence-electron chi connectivity index (χ0n) is 11.6. The van der Waals surface area contributed by atoms with E-state index in [1.807, 2.05) is 0 Å². The van der Waals surface area contributed by atoms with Crippen molar-refractivity contribution >= 4 is 21.6 Å². The first-order chi connectivity index (χ1) is 9.23. The van der Waals surface area contributed by atoms with Gasteiger partial charge in [-0.05, 0) is 31.5 Å². The highest BCUT2D eigenvalue weighted by molar-refractivity contribution is 7.88. The summed E-state index contributed by atoms with van der Waals surface area (Å²) in [5.41, 5.74) is 5.73. The van der Waals surface area contributed by atoms with Gasteiger partial charge in [0.05, 0.1) is 5.75 Å². The van der Waals surface area contributed by atoms with Crippen molar-refractivity contribution in [2.45, 2.75) is 25.1 Å². The van der Waals surface area contributed by atoms with Gasteiger partial charge in [-0.3, -0.25) is 4.79 Å². The largest absolute Gasteiger partial charge is 0.399 e. The fourth-order valence-corrected chi connectivity index (χ4v) is 4.24. The van der Waals surface area contributed by atoms with E-state index < -0.39 is 15.6 Å². The Bertz CT molecular complexity index is 626. The molecule has 0 radical (unpaired) electrons. The number of benzene rings is 1. The van der Waals surface area contributed by atoms with Gasteiger partial charge in [0.1, 0.15) is 5.54 Å². The van der Waals surface area contributed by atoms with Gasteiger partial charge >= 0.3 is 0 Å². The van der Waals surface area contributed by atoms with Gasteiger partial charge in [-0.1, -0.05) is 12.1 Å². The van der Waals surface area contributed by atoms with Gasteiger partial charge in [-0.2, -0.15) is 4.31 Å². The molecule has 1 aromatic rings. The van der Waals surface area contributed by atoms with E-state index in [0.717, 1.165) is 0 Å². The molecule has 20 heavy (non-hydrogen) atoms. The molecule has 2 rings (SSSR count). The van der Waals surface area contributed by atoms with E-state index in [9.17, 15) is 13.2 Å². The second kappa shape index (κ2) is 5.06. The molecule has 0 unspecified atom stereocenters. The number of hydrogen-bond acceptors (Lipinski definition) is 4. The van der Waals surface area contributed by atoms with Crippen LogP contribution in [0.2, 0.25) is 0 Å². The second-order valence-electron chi connectivity index (χ2n) is 5.39. The van der Waals surface area contributed by atoms with Crippen LogP contribution in [0.3, 0.4) is 0 Å². The van der Waals surface area contributed by atoms with E-state index in [2.05, 4.69) is 5.32 Å². The average Bonchev–Trinajstić information content (AvgIpc) is 2.31. The molecule has 0 saturated carbocycles. The molecule has 0 bridgehead atoms. The Kier molecular flexibility index (Phi) is 3.75. The van der Waals surface area contributed by atoms with E-state index in [4.69, 9.17) is 5.73 Å². The molecule has 1 aliphatic rings. The highest BCUT2D eigenvalue weighted by Crippen LogP contribution is 2.24. The lowest BCUT2D eigenvalue weighted by atomic mass is 10.0. The molecule has 1 aliphatic heterocycles. The van der Waals surface area contributed by atoms with Crippen LogP contribution < -0.4 is 11.1 Å². The Morgan fingerprint density at radius 1 is 1.40 bits per heavy atom. The molecule has 0 spiro atoms. The zero-order chi connectivity index (χ0) is 15.0. The topological polar surface area (TPSA) is 92.5 Å². The summed E-state index contributed by atoms with van der Waals surface area (Å²) in [5.74, 6) is -0.436. The number of hydrogen-bond donors (Lipinski definition) is 2. The lowest BCUT2D eigenvalue weighted by Crippen LogP contribution is -2.63. The highest BCUT2D eigenvalue weighted by atomic mass is 32.2. The van der Waals surface area contributed by atoms with Crippen molar-refractivity contribution in [3.05, 3.63) is 29.8 Å². The Labute approximate surface area is 119 Å². The molecule has 0 atom stereocenters. The zero-order valence-corrected chi connectivity index (χ0v) is 12.4. The molecule has 1 saturated heterocycles. The van der Waals surface area contributed by atoms with Crippen LogP contribution in [0.4, 0.5) is 5.69 Å². The number of sulfonamides is 1. The predicted octanol–water partition coefficient (Wildman–Crippen LogP) is 0.309. The summed E-state index contributed by atoms with van der Waals surface area (Å²) >= 11 is 0. The van der Waals surface area contributed by atoms with Crippen LogP contribution in [-0.4, -0.2) is 37.3 Å². The number of nitrogens with two attached hydrogens (primary N) is 1. The van der Waals surface area contributed by atoms with Gasteiger partial charge in [0, 0.05) is 18.8 Å². The van der Waals surface area contributed by atoms with Gasteiger partial charge in [0.2, 0.25) is 15.9 Å². The summed E-state index contributed by atoms with van der Waals surface area (Å²) in [7, 11) is -3.58. The molecular weight excluding hydrogens is 278 g/mol. The number of nitrogens with one attached hydrogen (secondary N) is 1. The molecule has 7 heteroatoms. The SMILES string of the molecule is CC1(C)C(=O)NCCN1S(=O)(=O)Cc1cccc(N)c1. The van der Waals surface area contributed by atoms with Crippen LogP contribution in [0.25, 0.3) is 0 Å². The summed E-state index contributed by atoms with van der Waals surface area (Å²) in [5, 5.41) is 2.68. The Hall–Kier alpha value is -1.60. The van der Waals surface area contributed by atoms with Gasteiger partial charge < -0.3 is 11.1 Å². The van der Waals surface area contributed by atoms with E-state index in [1.165, 1.54) is 4.31 Å². The fraction of sp³-hybridized carbons (Fsp3) is 0.462. The minimum absolute atomic E-state index is 0.158. The van der Waals surface area contributed by atoms with E-state index >= 15 is 0 Å². The Morgan fingerprint density at radius 3 is 2.75 bits per heavy atom. The average molecular weight is 297 g/mol. The molecule has 1 amide bonds. The van der Waals surface area contributed by atoms with Gasteiger partial charge in [-0.15, -0.1) is 0 Å². The molecule has 0 aromatic heterocycles. The first-order valence-corrected chi connectivity index (χ1v) is 7.97. The third-order valence-corrected chi connectivity index (χ3v) is 5.42. The fourth-order valence-electron chi connectivity index (χ4n) is 2.34. The number of anilines is 1. The van der Waals surface area contributed by atoms with Crippen LogP contribution >= 0.6 is 0 Å². The number of piperazine rings is 1. The maximum absolute atomic E-state index is 12.5. The van der Waals surface area contributed by atoms with E-state index in [0.29, 0.717) is 17.8 Å². The number of rotatable bonds is 3. The first-order valence-electron chi connectivity index (χ1n) is 6.37. The summed E-state index contributed by atoms with van der Waals surface area (Å²) in [6.07, 6.45) is 0. The second-order valence-corrected chi connectivity index (χ2v) is 7.28. The maximum Gasteiger partial charge on any atom is 0.241 e. The summed E-state index contributed by atoms with van der Waals surface area (Å²) in [4.78, 5) is 11.8. The van der Waals surface area contributed by atoms with Crippen molar-refractivity contribution in [3.8, 4) is 0 Å². The minimum atomic E-state index is -3.58. The number of nitrogen functional groups attached to an aromatic ring is 1. The van der Waals surface area contributed by atoms with Gasteiger partial charge in [0.25, 0.3) is 0 Å². The number of nitrogens with zero attached hydrogens (tertiary/aromatic N) is 1. The number of amides is 1. The third-order valence-electron chi connectivity index (χ3n) is 3.42. The minimum Gasteiger partial charge on any atom is -0.399 e. The number of carbonyl (C=O) groups excluding carboxylic acids is 1. The van der Waals surface area contributed by atoms with Crippen molar-refractivity contribution < 1.29 is 13.2 Å². The Balaban J connectivity index is 2.28. The van der Waals surface area contributed by atoms with Crippen molar-refractivity contribution in [1.29, 1.82) is 0 Å². The van der Waals surface area contributed by atoms with Crippen LogP contribution in [0.15, 0.2) is 24.3 Å². The maximum atomic E-state index is 12.5. The predicted molar refractivity (Wildman–Crippen MR) is 77.3 cm³/mol. The van der Waals surface area contributed by atoms with Crippen molar-refractivity contribution in [2.75, 3.05) is 18.8 Å². The highest BCUT2D eigenvalue weighted by Gasteiger charge is 2.44. The van der Waals surface area contributed by atoms with Crippen molar-refractivity contribution in [1.82, 2.24) is 9.62 Å². The normalized spacial score (nSPS) is 19.6. The summed E-state index contributed by atoms with van der Waals surface area (Å²) < 4.78 is 26.3. The molecule has 110 valence electrons. The summed E-state index contributed by atoms with van der Waals surface area (Å²) in [6.45, 7) is 3.83. The number of carbonyl (C=O) groups is 1.